The monoisotopic (exact) mass is 269 g/mol. The average Bonchev–Trinajstić information content (AvgIpc) is 2.38. The third kappa shape index (κ3) is 3.12. The molecule has 2 aromatic rings. The standard InChI is InChI=1S/C14H11F4N/c15-12-7-3-10(4-8-12)13(19)9-1-5-11(6-2-9)14(16,17)18/h1-8,13H,19H2. The van der Waals surface area contributed by atoms with Gasteiger partial charge in [0.15, 0.2) is 0 Å². The van der Waals surface area contributed by atoms with Gasteiger partial charge in [-0.05, 0) is 35.4 Å². The third-order valence-corrected chi connectivity index (χ3v) is 2.83. The zero-order valence-corrected chi connectivity index (χ0v) is 9.79. The minimum Gasteiger partial charge on any atom is -0.320 e. The van der Waals surface area contributed by atoms with Gasteiger partial charge in [0.25, 0.3) is 0 Å². The molecule has 0 aliphatic heterocycles. The number of halogens is 4. The van der Waals surface area contributed by atoms with Gasteiger partial charge >= 0.3 is 6.18 Å². The van der Waals surface area contributed by atoms with Crippen LogP contribution in [-0.2, 0) is 6.18 Å². The van der Waals surface area contributed by atoms with E-state index < -0.39 is 17.8 Å². The fourth-order valence-corrected chi connectivity index (χ4v) is 1.74. The molecule has 0 aromatic heterocycles. The van der Waals surface area contributed by atoms with Crippen molar-refractivity contribution in [3.63, 3.8) is 0 Å². The molecule has 100 valence electrons. The number of rotatable bonds is 2. The van der Waals surface area contributed by atoms with Crippen molar-refractivity contribution in [2.24, 2.45) is 5.73 Å². The van der Waals surface area contributed by atoms with Crippen molar-refractivity contribution in [3.8, 4) is 0 Å². The molecule has 2 rings (SSSR count). The van der Waals surface area contributed by atoms with E-state index in [1.807, 2.05) is 0 Å². The van der Waals surface area contributed by atoms with Gasteiger partial charge in [-0.25, -0.2) is 4.39 Å². The van der Waals surface area contributed by atoms with E-state index in [1.165, 1.54) is 36.4 Å². The lowest BCUT2D eigenvalue weighted by Gasteiger charge is -2.14. The molecule has 0 saturated heterocycles. The SMILES string of the molecule is NC(c1ccc(F)cc1)c1ccc(C(F)(F)F)cc1. The maximum atomic E-state index is 12.8. The molecule has 0 aliphatic carbocycles. The Morgan fingerprint density at radius 2 is 1.21 bits per heavy atom. The van der Waals surface area contributed by atoms with Crippen LogP contribution in [0, 0.1) is 5.82 Å². The largest absolute Gasteiger partial charge is 0.416 e. The molecule has 0 radical (unpaired) electrons. The molecule has 1 nitrogen and oxygen atoms in total. The van der Waals surface area contributed by atoms with E-state index in [0.717, 1.165) is 12.1 Å². The van der Waals surface area contributed by atoms with Crippen LogP contribution in [-0.4, -0.2) is 0 Å². The fraction of sp³-hybridized carbons (Fsp3) is 0.143. The van der Waals surface area contributed by atoms with Gasteiger partial charge in [0.1, 0.15) is 5.82 Å². The Morgan fingerprint density at radius 3 is 1.63 bits per heavy atom. The summed E-state index contributed by atoms with van der Waals surface area (Å²) in [6.07, 6.45) is -4.36. The fourth-order valence-electron chi connectivity index (χ4n) is 1.74. The van der Waals surface area contributed by atoms with Crippen LogP contribution in [0.25, 0.3) is 0 Å². The first kappa shape index (κ1) is 13.5. The molecular formula is C14H11F4N. The van der Waals surface area contributed by atoms with E-state index in [-0.39, 0.29) is 5.82 Å². The highest BCUT2D eigenvalue weighted by Crippen LogP contribution is 2.30. The highest BCUT2D eigenvalue weighted by Gasteiger charge is 2.30. The number of hydrogen-bond acceptors (Lipinski definition) is 1. The zero-order chi connectivity index (χ0) is 14.0. The summed E-state index contributed by atoms with van der Waals surface area (Å²) in [5.74, 6) is -0.386. The number of benzene rings is 2. The van der Waals surface area contributed by atoms with Crippen molar-refractivity contribution >= 4 is 0 Å². The predicted molar refractivity (Wildman–Crippen MR) is 63.9 cm³/mol. The topological polar surface area (TPSA) is 26.0 Å². The maximum Gasteiger partial charge on any atom is 0.416 e. The van der Waals surface area contributed by atoms with E-state index in [4.69, 9.17) is 5.73 Å². The second kappa shape index (κ2) is 5.01. The van der Waals surface area contributed by atoms with Crippen molar-refractivity contribution in [2.75, 3.05) is 0 Å². The van der Waals surface area contributed by atoms with Gasteiger partial charge in [-0.15, -0.1) is 0 Å². The lowest BCUT2D eigenvalue weighted by Crippen LogP contribution is -2.12. The first-order chi connectivity index (χ1) is 8.88. The average molecular weight is 269 g/mol. The van der Waals surface area contributed by atoms with Gasteiger partial charge in [0.2, 0.25) is 0 Å². The van der Waals surface area contributed by atoms with Crippen molar-refractivity contribution < 1.29 is 17.6 Å². The minimum atomic E-state index is -4.36. The van der Waals surface area contributed by atoms with E-state index in [9.17, 15) is 17.6 Å². The van der Waals surface area contributed by atoms with Gasteiger partial charge in [0, 0.05) is 0 Å². The van der Waals surface area contributed by atoms with Gasteiger partial charge < -0.3 is 5.73 Å². The van der Waals surface area contributed by atoms with E-state index in [1.54, 1.807) is 0 Å². The summed E-state index contributed by atoms with van der Waals surface area (Å²) in [4.78, 5) is 0. The van der Waals surface area contributed by atoms with Crippen LogP contribution < -0.4 is 5.73 Å². The van der Waals surface area contributed by atoms with Crippen molar-refractivity contribution in [1.82, 2.24) is 0 Å². The van der Waals surface area contributed by atoms with Gasteiger partial charge in [-0.2, -0.15) is 13.2 Å². The Hall–Kier alpha value is -1.88. The van der Waals surface area contributed by atoms with Crippen LogP contribution in [0.15, 0.2) is 48.5 Å². The summed E-state index contributed by atoms with van der Waals surface area (Å²) < 4.78 is 50.0. The van der Waals surface area contributed by atoms with Gasteiger partial charge in [0.05, 0.1) is 11.6 Å². The molecule has 0 bridgehead atoms. The molecule has 0 aliphatic rings. The molecule has 2 N–H and O–H groups in total. The minimum absolute atomic E-state index is 0.386. The predicted octanol–water partition coefficient (Wildman–Crippen LogP) is 3.89. The Morgan fingerprint density at radius 1 is 0.789 bits per heavy atom. The highest BCUT2D eigenvalue weighted by atomic mass is 19.4. The molecule has 1 atom stereocenters. The smallest absolute Gasteiger partial charge is 0.320 e. The summed E-state index contributed by atoms with van der Waals surface area (Å²) in [6.45, 7) is 0. The highest BCUT2D eigenvalue weighted by molar-refractivity contribution is 5.33. The summed E-state index contributed by atoms with van der Waals surface area (Å²) in [7, 11) is 0. The molecule has 0 saturated carbocycles. The van der Waals surface area contributed by atoms with Crippen LogP contribution in [0.4, 0.5) is 17.6 Å². The van der Waals surface area contributed by atoms with Crippen molar-refractivity contribution in [3.05, 3.63) is 71.0 Å². The molecule has 0 heterocycles. The molecule has 0 fully saturated rings. The van der Waals surface area contributed by atoms with Crippen molar-refractivity contribution in [2.45, 2.75) is 12.2 Å². The third-order valence-electron chi connectivity index (χ3n) is 2.83. The Kier molecular flexibility index (Phi) is 3.57. The maximum absolute atomic E-state index is 12.8. The molecule has 0 amide bonds. The first-order valence-corrected chi connectivity index (χ1v) is 5.56. The lowest BCUT2D eigenvalue weighted by atomic mass is 9.98. The van der Waals surface area contributed by atoms with Gasteiger partial charge in [-0.3, -0.25) is 0 Å². The Balaban J connectivity index is 2.25. The van der Waals surface area contributed by atoms with E-state index in [0.29, 0.717) is 11.1 Å². The lowest BCUT2D eigenvalue weighted by molar-refractivity contribution is -0.137. The normalized spacial score (nSPS) is 13.3. The number of alkyl halides is 3. The van der Waals surface area contributed by atoms with Crippen LogP contribution in [0.2, 0.25) is 0 Å². The molecule has 1 unspecified atom stereocenters. The van der Waals surface area contributed by atoms with Crippen LogP contribution in [0.3, 0.4) is 0 Å². The summed E-state index contributed by atoms with van der Waals surface area (Å²) in [5, 5.41) is 0. The van der Waals surface area contributed by atoms with E-state index >= 15 is 0 Å². The molecule has 0 spiro atoms. The van der Waals surface area contributed by atoms with Crippen LogP contribution in [0.5, 0.6) is 0 Å². The summed E-state index contributed by atoms with van der Waals surface area (Å²) in [6, 6.07) is 9.60. The molecule has 5 heteroatoms. The Bertz CT molecular complexity index is 543. The quantitative estimate of drug-likeness (QED) is 0.822. The Labute approximate surface area is 107 Å². The second-order valence-electron chi connectivity index (χ2n) is 4.15. The van der Waals surface area contributed by atoms with Crippen LogP contribution >= 0.6 is 0 Å². The van der Waals surface area contributed by atoms with Crippen molar-refractivity contribution in [1.29, 1.82) is 0 Å². The first-order valence-electron chi connectivity index (χ1n) is 5.56. The molecular weight excluding hydrogens is 258 g/mol. The van der Waals surface area contributed by atoms with Gasteiger partial charge in [-0.1, -0.05) is 24.3 Å². The summed E-state index contributed by atoms with van der Waals surface area (Å²) >= 11 is 0. The van der Waals surface area contributed by atoms with Crippen LogP contribution in [0.1, 0.15) is 22.7 Å². The molecule has 2 aromatic carbocycles. The number of hydrogen-bond donors (Lipinski definition) is 1. The summed E-state index contributed by atoms with van der Waals surface area (Å²) in [5.41, 5.74) is 6.38. The molecule has 19 heavy (non-hydrogen) atoms. The second-order valence-corrected chi connectivity index (χ2v) is 4.15. The zero-order valence-electron chi connectivity index (χ0n) is 9.79. The van der Waals surface area contributed by atoms with E-state index in [2.05, 4.69) is 0 Å². The number of nitrogens with two attached hydrogens (primary N) is 1.